The Balaban J connectivity index is 1.66. The van der Waals surface area contributed by atoms with E-state index in [-0.39, 0.29) is 22.8 Å². The molecule has 6 heteroatoms. The number of carbonyl (C=O) groups is 1. The Morgan fingerprint density at radius 1 is 1.32 bits per heavy atom. The van der Waals surface area contributed by atoms with Crippen LogP contribution in [0.3, 0.4) is 0 Å². The van der Waals surface area contributed by atoms with Crippen LogP contribution >= 0.6 is 12.6 Å². The van der Waals surface area contributed by atoms with Crippen LogP contribution in [0, 0.1) is 18.7 Å². The van der Waals surface area contributed by atoms with E-state index in [4.69, 9.17) is 12.6 Å². The molecule has 2 unspecified atom stereocenters. The molecule has 148 valence electrons. The lowest BCUT2D eigenvalue weighted by atomic mass is 9.93. The number of piperidine rings is 1. The quantitative estimate of drug-likeness (QED) is 0.773. The molecule has 1 saturated heterocycles. The summed E-state index contributed by atoms with van der Waals surface area (Å²) in [4.78, 5) is 15.2. The van der Waals surface area contributed by atoms with Gasteiger partial charge in [0.25, 0.3) is 0 Å². The van der Waals surface area contributed by atoms with Crippen molar-refractivity contribution < 1.29 is 9.18 Å². The average molecular weight is 400 g/mol. The highest BCUT2D eigenvalue weighted by atomic mass is 32.1. The van der Waals surface area contributed by atoms with Gasteiger partial charge in [0.1, 0.15) is 5.82 Å². The summed E-state index contributed by atoms with van der Waals surface area (Å²) in [5.41, 5.74) is 3.62. The molecule has 2 fully saturated rings. The van der Waals surface area contributed by atoms with Crippen molar-refractivity contribution in [2.45, 2.75) is 37.5 Å². The van der Waals surface area contributed by atoms with E-state index in [1.54, 1.807) is 12.1 Å². The van der Waals surface area contributed by atoms with Crippen molar-refractivity contribution in [3.8, 4) is 0 Å². The molecule has 1 aliphatic heterocycles. The fourth-order valence-corrected chi connectivity index (χ4v) is 4.30. The van der Waals surface area contributed by atoms with Gasteiger partial charge in [0, 0.05) is 36.9 Å². The second-order valence-electron chi connectivity index (χ2n) is 7.93. The van der Waals surface area contributed by atoms with Gasteiger partial charge in [-0.25, -0.2) is 4.39 Å². The van der Waals surface area contributed by atoms with Crippen LogP contribution in [0.5, 0.6) is 0 Å². The molecule has 0 N–H and O–H groups in total. The van der Waals surface area contributed by atoms with E-state index in [1.165, 1.54) is 6.07 Å². The van der Waals surface area contributed by atoms with Crippen LogP contribution in [-0.4, -0.2) is 38.8 Å². The van der Waals surface area contributed by atoms with Gasteiger partial charge in [-0.2, -0.15) is 17.7 Å². The van der Waals surface area contributed by atoms with E-state index in [0.717, 1.165) is 42.8 Å². The Hall–Kier alpha value is -1.92. The fourth-order valence-electron chi connectivity index (χ4n) is 4.03. The molecule has 0 spiro atoms. The summed E-state index contributed by atoms with van der Waals surface area (Å²) >= 11 is 4.77. The summed E-state index contributed by atoms with van der Waals surface area (Å²) in [5, 5.41) is 4.53. The van der Waals surface area contributed by atoms with Crippen LogP contribution in [0.25, 0.3) is 6.08 Å². The zero-order chi connectivity index (χ0) is 19.8. The zero-order valence-electron chi connectivity index (χ0n) is 16.3. The minimum atomic E-state index is -0.522. The van der Waals surface area contributed by atoms with Crippen molar-refractivity contribution in [1.29, 1.82) is 0 Å². The normalized spacial score (nSPS) is 23.1. The maximum absolute atomic E-state index is 14.6. The third kappa shape index (κ3) is 3.94. The molecule has 2 aromatic rings. The molecule has 1 saturated carbocycles. The molecule has 2 aliphatic rings. The summed E-state index contributed by atoms with van der Waals surface area (Å²) in [6, 6.07) is 8.20. The van der Waals surface area contributed by atoms with Crippen LogP contribution in [-0.2, 0) is 11.8 Å². The van der Waals surface area contributed by atoms with Gasteiger partial charge in [-0.05, 0) is 50.0 Å². The average Bonchev–Trinajstić information content (AvgIpc) is 3.45. The minimum Gasteiger partial charge on any atom is -0.297 e. The number of benzene rings is 1. The largest absolute Gasteiger partial charge is 0.297 e. The molecular weight excluding hydrogens is 373 g/mol. The molecule has 0 radical (unpaired) electrons. The number of hydrogen-bond donors (Lipinski definition) is 1. The van der Waals surface area contributed by atoms with Gasteiger partial charge in [0.15, 0.2) is 5.78 Å². The molecule has 28 heavy (non-hydrogen) atoms. The van der Waals surface area contributed by atoms with Crippen LogP contribution in [0.15, 0.2) is 35.9 Å². The molecule has 1 aliphatic carbocycles. The summed E-state index contributed by atoms with van der Waals surface area (Å²) in [5.74, 6) is -0.0776. The van der Waals surface area contributed by atoms with Crippen molar-refractivity contribution in [2.24, 2.45) is 13.0 Å². The first-order valence-electron chi connectivity index (χ1n) is 9.85. The highest BCUT2D eigenvalue weighted by Gasteiger charge is 2.40. The van der Waals surface area contributed by atoms with Gasteiger partial charge in [0.2, 0.25) is 0 Å². The molecule has 0 bridgehead atoms. The van der Waals surface area contributed by atoms with Gasteiger partial charge < -0.3 is 0 Å². The number of ketones is 1. The number of aryl methyl sites for hydroxylation is 2. The Kier molecular flexibility index (Phi) is 5.43. The summed E-state index contributed by atoms with van der Waals surface area (Å²) in [7, 11) is 1.92. The lowest BCUT2D eigenvalue weighted by Crippen LogP contribution is -2.42. The van der Waals surface area contributed by atoms with Crippen LogP contribution in [0.4, 0.5) is 4.39 Å². The number of nitrogens with zero attached hydrogens (tertiary/aromatic N) is 3. The summed E-state index contributed by atoms with van der Waals surface area (Å²) in [6.45, 7) is 3.30. The van der Waals surface area contributed by atoms with E-state index < -0.39 is 6.04 Å². The van der Waals surface area contributed by atoms with Crippen LogP contribution < -0.4 is 0 Å². The molecule has 4 nitrogen and oxygen atoms in total. The third-order valence-electron chi connectivity index (χ3n) is 5.69. The fraction of sp³-hybridized carbons (Fsp3) is 0.455. The molecular formula is C22H26FN3OS. The third-order valence-corrected chi connectivity index (χ3v) is 6.28. The number of Topliss-reactive ketones (excluding diaryl/α,β-unsaturated/α-hetero) is 1. The van der Waals surface area contributed by atoms with Crippen LogP contribution in [0.1, 0.15) is 42.3 Å². The van der Waals surface area contributed by atoms with Gasteiger partial charge in [0.05, 0.1) is 17.4 Å². The molecule has 4 rings (SSSR count). The second kappa shape index (κ2) is 7.84. The van der Waals surface area contributed by atoms with E-state index in [0.29, 0.717) is 12.1 Å². The second-order valence-corrected chi connectivity index (χ2v) is 8.55. The molecule has 1 aromatic heterocycles. The van der Waals surface area contributed by atoms with Crippen molar-refractivity contribution in [3.63, 3.8) is 0 Å². The number of thiol groups is 1. The summed E-state index contributed by atoms with van der Waals surface area (Å²) in [6.07, 6.45) is 4.78. The minimum absolute atomic E-state index is 0.0745. The van der Waals surface area contributed by atoms with Crippen molar-refractivity contribution >= 4 is 24.5 Å². The maximum Gasteiger partial charge on any atom is 0.157 e. The number of rotatable bonds is 5. The number of aromatic nitrogens is 2. The lowest BCUT2D eigenvalue weighted by Gasteiger charge is -2.37. The van der Waals surface area contributed by atoms with Crippen molar-refractivity contribution in [1.82, 2.24) is 14.7 Å². The highest BCUT2D eigenvalue weighted by Crippen LogP contribution is 2.39. The molecule has 2 atom stereocenters. The molecule has 0 amide bonds. The first-order valence-corrected chi connectivity index (χ1v) is 10.4. The first kappa shape index (κ1) is 19.4. The van der Waals surface area contributed by atoms with Gasteiger partial charge >= 0.3 is 0 Å². The highest BCUT2D eigenvalue weighted by molar-refractivity contribution is 7.81. The number of halogens is 1. The van der Waals surface area contributed by atoms with Crippen molar-refractivity contribution in [2.75, 3.05) is 13.1 Å². The molecule has 1 aromatic carbocycles. The van der Waals surface area contributed by atoms with E-state index in [9.17, 15) is 9.18 Å². The number of carbonyl (C=O) groups excluding carboxylic acids is 1. The topological polar surface area (TPSA) is 38.1 Å². The molecule has 2 heterocycles. The van der Waals surface area contributed by atoms with Gasteiger partial charge in [-0.3, -0.25) is 14.4 Å². The Morgan fingerprint density at radius 2 is 2.07 bits per heavy atom. The Morgan fingerprint density at radius 3 is 2.71 bits per heavy atom. The van der Waals surface area contributed by atoms with E-state index >= 15 is 0 Å². The number of likely N-dealkylation sites (tertiary alicyclic amines) is 1. The Bertz CT molecular complexity index is 918. The number of hydrogen-bond acceptors (Lipinski definition) is 4. The Labute approximate surface area is 170 Å². The standard InChI is InChI=1S/C22H26FN3OS/c1-14-11-17(25(2)24-14)12-16-13-26(10-9-20(16)28)21(22(27)15-7-8-15)18-5-3-4-6-19(18)23/h3-6,11-12,15,20-21,28H,7-10,13H2,1-2H3. The first-order chi connectivity index (χ1) is 13.4. The monoisotopic (exact) mass is 399 g/mol. The van der Waals surface area contributed by atoms with Gasteiger partial charge in [-0.15, -0.1) is 0 Å². The predicted octanol–water partition coefficient (Wildman–Crippen LogP) is 3.98. The predicted molar refractivity (Wildman–Crippen MR) is 112 cm³/mol. The van der Waals surface area contributed by atoms with Crippen molar-refractivity contribution in [3.05, 3.63) is 58.7 Å². The zero-order valence-corrected chi connectivity index (χ0v) is 17.2. The summed E-state index contributed by atoms with van der Waals surface area (Å²) < 4.78 is 16.4. The maximum atomic E-state index is 14.6. The SMILES string of the molecule is Cc1cc(C=C2CN(C(C(=O)C3CC3)c3ccccc3F)CCC2S)n(C)n1. The van der Waals surface area contributed by atoms with Gasteiger partial charge in [-0.1, -0.05) is 18.2 Å². The smallest absolute Gasteiger partial charge is 0.157 e. The van der Waals surface area contributed by atoms with E-state index in [1.807, 2.05) is 30.8 Å². The lowest BCUT2D eigenvalue weighted by molar-refractivity contribution is -0.126. The van der Waals surface area contributed by atoms with E-state index in [2.05, 4.69) is 16.1 Å². The van der Waals surface area contributed by atoms with Crippen LogP contribution in [0.2, 0.25) is 0 Å².